The summed E-state index contributed by atoms with van der Waals surface area (Å²) in [6.07, 6.45) is 4.35. The molecule has 94 valence electrons. The highest BCUT2D eigenvalue weighted by Gasteiger charge is 2.20. The highest BCUT2D eigenvalue weighted by Crippen LogP contribution is 2.28. The van der Waals surface area contributed by atoms with Crippen LogP contribution in [0.25, 0.3) is 0 Å². The fourth-order valence-corrected chi connectivity index (χ4v) is 2.39. The molecule has 0 radical (unpaired) electrons. The van der Waals surface area contributed by atoms with Crippen LogP contribution in [-0.2, 0) is 6.54 Å². The van der Waals surface area contributed by atoms with Gasteiger partial charge in [-0.2, -0.15) is 0 Å². The maximum absolute atomic E-state index is 5.36. The first kappa shape index (κ1) is 11.7. The van der Waals surface area contributed by atoms with Crippen LogP contribution in [0, 0.1) is 6.92 Å². The molecule has 1 aliphatic carbocycles. The van der Waals surface area contributed by atoms with Crippen molar-refractivity contribution in [1.29, 1.82) is 0 Å². The van der Waals surface area contributed by atoms with Gasteiger partial charge in [-0.25, -0.2) is 4.98 Å². The van der Waals surface area contributed by atoms with Crippen molar-refractivity contribution in [2.45, 2.75) is 42.6 Å². The normalized spacial score (nSPS) is 14.9. The van der Waals surface area contributed by atoms with Crippen LogP contribution in [0.2, 0.25) is 0 Å². The molecule has 2 heterocycles. The van der Waals surface area contributed by atoms with E-state index >= 15 is 0 Å². The predicted molar refractivity (Wildman–Crippen MR) is 67.3 cm³/mol. The smallest absolute Gasteiger partial charge is 0.282 e. The number of pyridine rings is 1. The van der Waals surface area contributed by atoms with Crippen molar-refractivity contribution < 1.29 is 4.42 Å². The van der Waals surface area contributed by atoms with Gasteiger partial charge in [-0.1, -0.05) is 6.07 Å². The molecule has 0 aliphatic heterocycles. The SMILES string of the molecule is Cc1nnc(Sc2ncccc2CNC2CC2)o1. The van der Waals surface area contributed by atoms with Crippen molar-refractivity contribution in [3.05, 3.63) is 29.8 Å². The Morgan fingerprint density at radius 1 is 1.44 bits per heavy atom. The van der Waals surface area contributed by atoms with Gasteiger partial charge in [-0.05, 0) is 36.2 Å². The fourth-order valence-electron chi connectivity index (χ4n) is 1.59. The summed E-state index contributed by atoms with van der Waals surface area (Å²) in [6, 6.07) is 4.72. The number of nitrogens with zero attached hydrogens (tertiary/aromatic N) is 3. The molecule has 0 atom stereocenters. The number of rotatable bonds is 5. The first-order chi connectivity index (χ1) is 8.81. The van der Waals surface area contributed by atoms with E-state index in [0.29, 0.717) is 17.2 Å². The van der Waals surface area contributed by atoms with E-state index in [1.54, 1.807) is 13.1 Å². The fraction of sp³-hybridized carbons (Fsp3) is 0.417. The zero-order valence-electron chi connectivity index (χ0n) is 10.1. The summed E-state index contributed by atoms with van der Waals surface area (Å²) in [6.45, 7) is 2.62. The molecule has 2 aromatic rings. The Morgan fingerprint density at radius 2 is 2.33 bits per heavy atom. The van der Waals surface area contributed by atoms with Gasteiger partial charge in [0.1, 0.15) is 5.03 Å². The lowest BCUT2D eigenvalue weighted by atomic mass is 10.3. The summed E-state index contributed by atoms with van der Waals surface area (Å²) >= 11 is 1.42. The van der Waals surface area contributed by atoms with Crippen LogP contribution in [0.3, 0.4) is 0 Å². The Morgan fingerprint density at radius 3 is 3.06 bits per heavy atom. The van der Waals surface area contributed by atoms with Crippen LogP contribution in [0.4, 0.5) is 0 Å². The van der Waals surface area contributed by atoms with Gasteiger partial charge in [0.2, 0.25) is 5.89 Å². The minimum atomic E-state index is 0.541. The molecule has 0 saturated heterocycles. The Labute approximate surface area is 109 Å². The van der Waals surface area contributed by atoms with Crippen LogP contribution >= 0.6 is 11.8 Å². The van der Waals surface area contributed by atoms with Gasteiger partial charge in [0.15, 0.2) is 0 Å². The maximum Gasteiger partial charge on any atom is 0.282 e. The lowest BCUT2D eigenvalue weighted by Crippen LogP contribution is -2.16. The number of aromatic nitrogens is 3. The van der Waals surface area contributed by atoms with Crippen molar-refractivity contribution in [1.82, 2.24) is 20.5 Å². The van der Waals surface area contributed by atoms with E-state index in [1.165, 1.54) is 30.2 Å². The largest absolute Gasteiger partial charge is 0.416 e. The second kappa shape index (κ2) is 5.07. The molecule has 1 saturated carbocycles. The third kappa shape index (κ3) is 2.88. The van der Waals surface area contributed by atoms with E-state index in [-0.39, 0.29) is 0 Å². The minimum absolute atomic E-state index is 0.541. The first-order valence-corrected chi connectivity index (χ1v) is 6.78. The molecule has 0 unspecified atom stereocenters. The molecule has 6 heteroatoms. The van der Waals surface area contributed by atoms with Gasteiger partial charge >= 0.3 is 0 Å². The first-order valence-electron chi connectivity index (χ1n) is 5.96. The standard InChI is InChI=1S/C12H14N4OS/c1-8-15-16-12(17-8)18-11-9(3-2-6-13-11)7-14-10-4-5-10/h2-3,6,10,14H,4-5,7H2,1H3. The molecule has 0 bridgehead atoms. The van der Waals surface area contributed by atoms with Crippen LogP contribution in [-0.4, -0.2) is 21.2 Å². The van der Waals surface area contributed by atoms with Gasteiger partial charge in [0.05, 0.1) is 0 Å². The van der Waals surface area contributed by atoms with E-state index in [0.717, 1.165) is 11.6 Å². The van der Waals surface area contributed by atoms with E-state index in [2.05, 4.69) is 26.6 Å². The Balaban J connectivity index is 1.73. The number of nitrogens with one attached hydrogen (secondary N) is 1. The molecule has 18 heavy (non-hydrogen) atoms. The van der Waals surface area contributed by atoms with Crippen molar-refractivity contribution >= 4 is 11.8 Å². The van der Waals surface area contributed by atoms with E-state index in [9.17, 15) is 0 Å². The van der Waals surface area contributed by atoms with Crippen LogP contribution in [0.5, 0.6) is 0 Å². The summed E-state index contributed by atoms with van der Waals surface area (Å²) in [7, 11) is 0. The molecule has 1 aliphatic rings. The van der Waals surface area contributed by atoms with E-state index in [4.69, 9.17) is 4.42 Å². The number of aryl methyl sites for hydroxylation is 1. The summed E-state index contributed by atoms with van der Waals surface area (Å²) in [5.74, 6) is 0.575. The molecule has 2 aromatic heterocycles. The Kier molecular flexibility index (Phi) is 3.29. The Hall–Kier alpha value is -1.40. The summed E-state index contributed by atoms with van der Waals surface area (Å²) in [5.41, 5.74) is 1.17. The quantitative estimate of drug-likeness (QED) is 0.891. The third-order valence-corrected chi connectivity index (χ3v) is 3.60. The average Bonchev–Trinajstić information content (AvgIpc) is 3.12. The molecule has 1 N–H and O–H groups in total. The predicted octanol–water partition coefficient (Wildman–Crippen LogP) is 2.18. The Bertz CT molecular complexity index is 538. The lowest BCUT2D eigenvalue weighted by Gasteiger charge is -2.06. The van der Waals surface area contributed by atoms with Crippen molar-refractivity contribution in [3.8, 4) is 0 Å². The average molecular weight is 262 g/mol. The molecule has 3 rings (SSSR count). The lowest BCUT2D eigenvalue weighted by molar-refractivity contribution is 0.429. The summed E-state index contributed by atoms with van der Waals surface area (Å²) < 4.78 is 5.36. The van der Waals surface area contributed by atoms with Crippen LogP contribution in [0.15, 0.2) is 33.0 Å². The topological polar surface area (TPSA) is 63.8 Å². The maximum atomic E-state index is 5.36. The summed E-state index contributed by atoms with van der Waals surface area (Å²) in [5, 5.41) is 12.7. The molecule has 0 amide bonds. The van der Waals surface area contributed by atoms with Crippen LogP contribution < -0.4 is 5.32 Å². The third-order valence-electron chi connectivity index (χ3n) is 2.70. The molecule has 0 aromatic carbocycles. The molecular formula is C12H14N4OS. The molecule has 1 fully saturated rings. The monoisotopic (exact) mass is 262 g/mol. The minimum Gasteiger partial charge on any atom is -0.416 e. The van der Waals surface area contributed by atoms with Crippen molar-refractivity contribution in [3.63, 3.8) is 0 Å². The van der Waals surface area contributed by atoms with Gasteiger partial charge < -0.3 is 9.73 Å². The highest BCUT2D eigenvalue weighted by molar-refractivity contribution is 7.99. The molecule has 5 nitrogen and oxygen atoms in total. The van der Waals surface area contributed by atoms with Crippen molar-refractivity contribution in [2.75, 3.05) is 0 Å². The number of hydrogen-bond donors (Lipinski definition) is 1. The van der Waals surface area contributed by atoms with Gasteiger partial charge in [-0.15, -0.1) is 10.2 Å². The van der Waals surface area contributed by atoms with Crippen LogP contribution in [0.1, 0.15) is 24.3 Å². The van der Waals surface area contributed by atoms with E-state index < -0.39 is 0 Å². The second-order valence-electron chi connectivity index (χ2n) is 4.31. The van der Waals surface area contributed by atoms with Gasteiger partial charge in [0.25, 0.3) is 5.22 Å². The van der Waals surface area contributed by atoms with Gasteiger partial charge in [0, 0.05) is 25.7 Å². The number of hydrogen-bond acceptors (Lipinski definition) is 6. The van der Waals surface area contributed by atoms with Gasteiger partial charge in [-0.3, -0.25) is 0 Å². The second-order valence-corrected chi connectivity index (χ2v) is 5.25. The van der Waals surface area contributed by atoms with E-state index in [1.807, 2.05) is 6.07 Å². The zero-order valence-corrected chi connectivity index (χ0v) is 10.9. The zero-order chi connectivity index (χ0) is 12.4. The molecule has 0 spiro atoms. The summed E-state index contributed by atoms with van der Waals surface area (Å²) in [4.78, 5) is 4.38. The van der Waals surface area contributed by atoms with Crippen molar-refractivity contribution in [2.24, 2.45) is 0 Å². The highest BCUT2D eigenvalue weighted by atomic mass is 32.2. The molecular weight excluding hydrogens is 248 g/mol.